The first kappa shape index (κ1) is 26.2. The maximum atomic E-state index is 10.7. The summed E-state index contributed by atoms with van der Waals surface area (Å²) in [7, 11) is 3.50. The van der Waals surface area contributed by atoms with Crippen molar-refractivity contribution in [1.29, 1.82) is 0 Å². The summed E-state index contributed by atoms with van der Waals surface area (Å²) in [6.07, 6.45) is 2.62. The number of benzene rings is 2. The number of hydrogen-bond donors (Lipinski definition) is 1. The van der Waals surface area contributed by atoms with Crippen LogP contribution in [0.2, 0.25) is 0 Å². The number of aryl methyl sites for hydroxylation is 1. The van der Waals surface area contributed by atoms with Gasteiger partial charge in [0, 0.05) is 25.7 Å². The van der Waals surface area contributed by atoms with E-state index in [2.05, 4.69) is 11.5 Å². The molecule has 37 heavy (non-hydrogen) atoms. The van der Waals surface area contributed by atoms with E-state index >= 15 is 0 Å². The lowest BCUT2D eigenvalue weighted by atomic mass is 10.1. The number of methoxy groups -OCH3 is 1. The molecule has 0 spiro atoms. The van der Waals surface area contributed by atoms with Crippen molar-refractivity contribution < 1.29 is 23.7 Å². The van der Waals surface area contributed by atoms with E-state index in [0.717, 1.165) is 28.3 Å². The minimum atomic E-state index is -0.697. The predicted molar refractivity (Wildman–Crippen MR) is 142 cm³/mol. The number of aliphatic hydroxyl groups is 1. The van der Waals surface area contributed by atoms with Crippen LogP contribution in [-0.4, -0.2) is 52.8 Å². The maximum Gasteiger partial charge on any atom is 0.222 e. The highest BCUT2D eigenvalue weighted by atomic mass is 16.5. The second kappa shape index (κ2) is 12.9. The molecular formula is C29H33N3O5. The Bertz CT molecular complexity index is 1240. The highest BCUT2D eigenvalue weighted by Crippen LogP contribution is 2.35. The largest absolute Gasteiger partial charge is 0.497 e. The summed E-state index contributed by atoms with van der Waals surface area (Å²) in [5.41, 5.74) is 2.69. The molecule has 8 nitrogen and oxygen atoms in total. The fraction of sp³-hybridized carbons (Fsp3) is 0.276. The molecule has 8 heteroatoms. The molecule has 0 aliphatic carbocycles. The number of furan rings is 1. The first-order valence-electron chi connectivity index (χ1n) is 12.1. The Morgan fingerprint density at radius 1 is 1.05 bits per heavy atom. The number of hydrogen-bond acceptors (Lipinski definition) is 7. The van der Waals surface area contributed by atoms with E-state index in [1.807, 2.05) is 73.8 Å². The van der Waals surface area contributed by atoms with E-state index in [1.54, 1.807) is 24.1 Å². The monoisotopic (exact) mass is 503 g/mol. The zero-order valence-corrected chi connectivity index (χ0v) is 21.2. The van der Waals surface area contributed by atoms with Crippen molar-refractivity contribution in [2.45, 2.75) is 19.2 Å². The van der Waals surface area contributed by atoms with Gasteiger partial charge in [0.25, 0.3) is 0 Å². The van der Waals surface area contributed by atoms with Crippen LogP contribution in [0, 0.1) is 0 Å². The highest BCUT2D eigenvalue weighted by Gasteiger charge is 2.24. The topological polar surface area (TPSA) is 82.1 Å². The van der Waals surface area contributed by atoms with Gasteiger partial charge < -0.3 is 23.7 Å². The van der Waals surface area contributed by atoms with Crippen molar-refractivity contribution in [3.8, 4) is 28.6 Å². The van der Waals surface area contributed by atoms with Crippen molar-refractivity contribution in [3.63, 3.8) is 0 Å². The lowest BCUT2D eigenvalue weighted by molar-refractivity contribution is 0.0215. The van der Waals surface area contributed by atoms with Gasteiger partial charge in [0.2, 0.25) is 5.88 Å². The van der Waals surface area contributed by atoms with Crippen molar-refractivity contribution in [1.82, 2.24) is 14.7 Å². The van der Waals surface area contributed by atoms with Gasteiger partial charge in [-0.15, -0.1) is 6.58 Å². The van der Waals surface area contributed by atoms with Crippen LogP contribution in [0.15, 0.2) is 90.1 Å². The van der Waals surface area contributed by atoms with Crippen molar-refractivity contribution in [2.75, 3.05) is 26.9 Å². The average Bonchev–Trinajstić information content (AvgIpc) is 3.53. The molecule has 0 saturated carbocycles. The molecule has 2 aromatic carbocycles. The van der Waals surface area contributed by atoms with Gasteiger partial charge in [-0.2, -0.15) is 5.10 Å². The van der Waals surface area contributed by atoms with Gasteiger partial charge in [0.1, 0.15) is 23.0 Å². The third-order valence-corrected chi connectivity index (χ3v) is 5.77. The van der Waals surface area contributed by atoms with Gasteiger partial charge in [-0.3, -0.25) is 4.90 Å². The molecule has 0 aliphatic rings. The zero-order valence-electron chi connectivity index (χ0n) is 21.2. The Morgan fingerprint density at radius 3 is 2.49 bits per heavy atom. The normalized spacial score (nSPS) is 12.0. The van der Waals surface area contributed by atoms with Crippen LogP contribution in [0.1, 0.15) is 11.3 Å². The van der Waals surface area contributed by atoms with E-state index in [4.69, 9.17) is 23.7 Å². The summed E-state index contributed by atoms with van der Waals surface area (Å²) in [6, 6.07) is 21.2. The molecule has 0 bridgehead atoms. The number of rotatable bonds is 14. The Labute approximate surface area is 217 Å². The molecular weight excluding hydrogens is 470 g/mol. The van der Waals surface area contributed by atoms with Gasteiger partial charge in [-0.25, -0.2) is 4.68 Å². The quantitative estimate of drug-likeness (QED) is 0.191. The van der Waals surface area contributed by atoms with Gasteiger partial charge in [-0.05, 0) is 36.4 Å². The lowest BCUT2D eigenvalue weighted by Crippen LogP contribution is -2.34. The van der Waals surface area contributed by atoms with Crippen LogP contribution >= 0.6 is 0 Å². The molecule has 4 aromatic rings. The Hall–Kier alpha value is -3.85. The predicted octanol–water partition coefficient (Wildman–Crippen LogP) is 5.05. The first-order chi connectivity index (χ1) is 18.1. The standard InChI is InChI=1S/C29H33N3O5/c1-4-16-35-21-23(33)18-32(19-26-11-8-17-36-26)20-27-28(22-9-6-5-7-10-22)30-31(2)29(27)37-25-14-12-24(34-3)13-15-25/h4-15,17,23,33H,1,16,18-21H2,2-3H3. The van der Waals surface area contributed by atoms with Gasteiger partial charge >= 0.3 is 0 Å². The molecule has 1 atom stereocenters. The molecule has 2 aromatic heterocycles. The van der Waals surface area contributed by atoms with Crippen LogP contribution in [0.4, 0.5) is 0 Å². The van der Waals surface area contributed by atoms with Crippen LogP contribution in [0.5, 0.6) is 17.4 Å². The molecule has 4 rings (SSSR count). The van der Waals surface area contributed by atoms with Crippen LogP contribution in [-0.2, 0) is 24.9 Å². The molecule has 0 fully saturated rings. The van der Waals surface area contributed by atoms with Crippen LogP contribution in [0.25, 0.3) is 11.3 Å². The second-order valence-corrected chi connectivity index (χ2v) is 8.63. The summed E-state index contributed by atoms with van der Waals surface area (Å²) in [6.45, 7) is 5.57. The number of aromatic nitrogens is 2. The van der Waals surface area contributed by atoms with Gasteiger partial charge in [0.05, 0.1) is 44.8 Å². The minimum absolute atomic E-state index is 0.203. The molecule has 1 unspecified atom stereocenters. The average molecular weight is 504 g/mol. The lowest BCUT2D eigenvalue weighted by Gasteiger charge is -2.25. The highest BCUT2D eigenvalue weighted by molar-refractivity contribution is 5.65. The van der Waals surface area contributed by atoms with Crippen molar-refractivity contribution in [2.24, 2.45) is 7.05 Å². The third-order valence-electron chi connectivity index (χ3n) is 5.77. The number of ether oxygens (including phenoxy) is 3. The van der Waals surface area contributed by atoms with E-state index in [1.165, 1.54) is 0 Å². The summed E-state index contributed by atoms with van der Waals surface area (Å²) in [5.74, 6) is 2.83. The van der Waals surface area contributed by atoms with Crippen molar-refractivity contribution in [3.05, 3.63) is 97.0 Å². The fourth-order valence-electron chi connectivity index (χ4n) is 4.08. The Morgan fingerprint density at radius 2 is 1.81 bits per heavy atom. The number of nitrogens with zero attached hydrogens (tertiary/aromatic N) is 3. The summed E-state index contributed by atoms with van der Waals surface area (Å²) < 4.78 is 24.5. The molecule has 0 saturated heterocycles. The summed E-state index contributed by atoms with van der Waals surface area (Å²) in [5, 5.41) is 15.5. The minimum Gasteiger partial charge on any atom is -0.497 e. The molecule has 0 radical (unpaired) electrons. The molecule has 194 valence electrons. The second-order valence-electron chi connectivity index (χ2n) is 8.63. The fourth-order valence-corrected chi connectivity index (χ4v) is 4.08. The van der Waals surface area contributed by atoms with Crippen LogP contribution < -0.4 is 9.47 Å². The van der Waals surface area contributed by atoms with Gasteiger partial charge in [-0.1, -0.05) is 36.4 Å². The molecule has 2 heterocycles. The van der Waals surface area contributed by atoms with E-state index < -0.39 is 6.10 Å². The van der Waals surface area contributed by atoms with E-state index in [-0.39, 0.29) is 6.61 Å². The van der Waals surface area contributed by atoms with Gasteiger partial charge in [0.15, 0.2) is 0 Å². The van der Waals surface area contributed by atoms with E-state index in [9.17, 15) is 5.11 Å². The first-order valence-corrected chi connectivity index (χ1v) is 12.1. The van der Waals surface area contributed by atoms with Crippen molar-refractivity contribution >= 4 is 0 Å². The van der Waals surface area contributed by atoms with E-state index in [0.29, 0.717) is 37.9 Å². The summed E-state index contributed by atoms with van der Waals surface area (Å²) in [4.78, 5) is 2.10. The van der Waals surface area contributed by atoms with Crippen LogP contribution in [0.3, 0.4) is 0 Å². The SMILES string of the molecule is C=CCOCC(O)CN(Cc1ccco1)Cc1c(-c2ccccc2)nn(C)c1Oc1ccc(OC)cc1. The maximum absolute atomic E-state index is 10.7. The smallest absolute Gasteiger partial charge is 0.222 e. The Kier molecular flexibility index (Phi) is 9.15. The summed E-state index contributed by atoms with van der Waals surface area (Å²) >= 11 is 0. The third kappa shape index (κ3) is 7.10. The number of aliphatic hydroxyl groups excluding tert-OH is 1. The molecule has 1 N–H and O–H groups in total. The Balaban J connectivity index is 1.67. The molecule has 0 aliphatic heterocycles. The molecule has 0 amide bonds. The zero-order chi connectivity index (χ0) is 26.0.